The number of hydrogen-bond donors (Lipinski definition) is 0. The highest BCUT2D eigenvalue weighted by molar-refractivity contribution is 8.00. The van der Waals surface area contributed by atoms with E-state index in [0.29, 0.717) is 0 Å². The molecule has 0 unspecified atom stereocenters. The smallest absolute Gasteiger partial charge is 0.0619 e. The molecule has 0 radical (unpaired) electrons. The molecule has 12 aromatic rings. The number of rotatable bonds is 14. The van der Waals surface area contributed by atoms with E-state index in [4.69, 9.17) is 0 Å². The molecule has 0 bridgehead atoms. The molecule has 0 aromatic heterocycles. The Bertz CT molecular complexity index is 3340. The van der Waals surface area contributed by atoms with Gasteiger partial charge in [0.15, 0.2) is 0 Å². The highest BCUT2D eigenvalue weighted by Crippen LogP contribution is 2.51. The van der Waals surface area contributed by atoms with Crippen LogP contribution in [0.4, 0.5) is 34.1 Å². The second-order valence-corrected chi connectivity index (χ2v) is 21.9. The third-order valence-electron chi connectivity index (χ3n) is 12.6. The maximum atomic E-state index is 2.48. The summed E-state index contributed by atoms with van der Waals surface area (Å²) in [7, 11) is 0. The first-order valence-electron chi connectivity index (χ1n) is 24.0. The van der Waals surface area contributed by atoms with Crippen LogP contribution in [0.3, 0.4) is 0 Å². The normalized spacial score (nSPS) is 11.3. The van der Waals surface area contributed by atoms with Crippen molar-refractivity contribution in [3.63, 3.8) is 0 Å². The highest BCUT2D eigenvalue weighted by Gasteiger charge is 2.25. The summed E-state index contributed by atoms with van der Waals surface area (Å²) in [4.78, 5) is 14.6. The average molecular weight is 995 g/mol. The lowest BCUT2D eigenvalue weighted by molar-refractivity contribution is 1.27. The Labute approximate surface area is 438 Å². The summed E-state index contributed by atoms with van der Waals surface area (Å²) < 4.78 is 0. The Morgan fingerprint density at radius 2 is 0.417 bits per heavy atom. The zero-order valence-electron chi connectivity index (χ0n) is 39.1. The summed E-state index contributed by atoms with van der Waals surface area (Å²) in [5, 5.41) is 6.99. The van der Waals surface area contributed by atoms with Gasteiger partial charge in [-0.25, -0.2) is 0 Å². The van der Waals surface area contributed by atoms with Gasteiger partial charge in [-0.15, -0.1) is 0 Å². The first-order valence-corrected chi connectivity index (χ1v) is 27.2. The van der Waals surface area contributed by atoms with Gasteiger partial charge < -0.3 is 9.80 Å². The summed E-state index contributed by atoms with van der Waals surface area (Å²) in [5.74, 6) is 0. The molecule has 0 aliphatic heterocycles. The molecule has 6 heteroatoms. The molecule has 0 saturated carbocycles. The van der Waals surface area contributed by atoms with Gasteiger partial charge in [-0.3, -0.25) is 0 Å². The van der Waals surface area contributed by atoms with Gasteiger partial charge in [0.25, 0.3) is 0 Å². The first-order chi connectivity index (χ1) is 35.7. The monoisotopic (exact) mass is 994 g/mol. The molecule has 72 heavy (non-hydrogen) atoms. The van der Waals surface area contributed by atoms with Crippen LogP contribution < -0.4 is 9.80 Å². The zero-order valence-corrected chi connectivity index (χ0v) is 42.4. The summed E-state index contributed by atoms with van der Waals surface area (Å²) in [6.45, 7) is 0. The van der Waals surface area contributed by atoms with Crippen molar-refractivity contribution in [1.29, 1.82) is 0 Å². The summed E-state index contributed by atoms with van der Waals surface area (Å²) in [6.07, 6.45) is 0. The number of anilines is 6. The van der Waals surface area contributed by atoms with E-state index in [1.54, 1.807) is 47.0 Å². The van der Waals surface area contributed by atoms with E-state index in [2.05, 4.69) is 289 Å². The third-order valence-corrected chi connectivity index (χ3v) is 16.6. The molecule has 0 saturated heterocycles. The van der Waals surface area contributed by atoms with Crippen molar-refractivity contribution in [2.75, 3.05) is 9.80 Å². The van der Waals surface area contributed by atoms with E-state index in [-0.39, 0.29) is 0 Å². The fourth-order valence-corrected chi connectivity index (χ4v) is 12.6. The minimum atomic E-state index is 1.08. The van der Waals surface area contributed by atoms with Gasteiger partial charge in [-0.05, 0) is 168 Å². The SMILES string of the molecule is c1ccc(Sc2ccc(N(c3ccc(Sc4ccccc4)cc3)c3c4ccccc4cc4c(N(c5ccc(Sc6ccccc6)cc5)c5ccc(Sc6ccccc6)cc5)c5ccccc5cc34)cc2)cc1. The van der Waals surface area contributed by atoms with Gasteiger partial charge in [-0.2, -0.15) is 0 Å². The van der Waals surface area contributed by atoms with Crippen molar-refractivity contribution in [1.82, 2.24) is 0 Å². The van der Waals surface area contributed by atoms with E-state index in [0.717, 1.165) is 44.9 Å². The molecule has 0 atom stereocenters. The van der Waals surface area contributed by atoms with Crippen LogP contribution in [0.1, 0.15) is 0 Å². The summed E-state index contributed by atoms with van der Waals surface area (Å²) >= 11 is 7.13. The number of nitrogens with zero attached hydrogens (tertiary/aromatic N) is 2. The molecular formula is C66H46N2S4. The van der Waals surface area contributed by atoms with Crippen LogP contribution in [0.5, 0.6) is 0 Å². The Morgan fingerprint density at radius 1 is 0.194 bits per heavy atom. The van der Waals surface area contributed by atoms with E-state index < -0.39 is 0 Å². The summed E-state index contributed by atoms with van der Waals surface area (Å²) in [6, 6.07) is 101. The van der Waals surface area contributed by atoms with Crippen molar-refractivity contribution in [3.05, 3.63) is 279 Å². The molecule has 0 aliphatic carbocycles. The van der Waals surface area contributed by atoms with Crippen molar-refractivity contribution < 1.29 is 0 Å². The molecule has 0 spiro atoms. The van der Waals surface area contributed by atoms with E-state index in [1.165, 1.54) is 60.7 Å². The quantitative estimate of drug-likeness (QED) is 0.0995. The molecule has 0 aliphatic rings. The lowest BCUT2D eigenvalue weighted by Gasteiger charge is -2.32. The van der Waals surface area contributed by atoms with E-state index >= 15 is 0 Å². The van der Waals surface area contributed by atoms with Crippen molar-refractivity contribution >= 4 is 113 Å². The van der Waals surface area contributed by atoms with Crippen molar-refractivity contribution in [3.8, 4) is 0 Å². The zero-order chi connectivity index (χ0) is 48.1. The summed E-state index contributed by atoms with van der Waals surface area (Å²) in [5.41, 5.74) is 6.59. The van der Waals surface area contributed by atoms with Gasteiger partial charge in [0.05, 0.1) is 11.4 Å². The predicted molar refractivity (Wildman–Crippen MR) is 311 cm³/mol. The van der Waals surface area contributed by atoms with Gasteiger partial charge in [0.1, 0.15) is 0 Å². The lowest BCUT2D eigenvalue weighted by Crippen LogP contribution is -2.13. The van der Waals surface area contributed by atoms with Crippen molar-refractivity contribution in [2.24, 2.45) is 0 Å². The Hall–Kier alpha value is -7.58. The van der Waals surface area contributed by atoms with Gasteiger partial charge in [0.2, 0.25) is 0 Å². The Balaban J connectivity index is 1.07. The van der Waals surface area contributed by atoms with Gasteiger partial charge >= 0.3 is 0 Å². The van der Waals surface area contributed by atoms with Crippen LogP contribution in [0.15, 0.2) is 318 Å². The van der Waals surface area contributed by atoms with Crippen molar-refractivity contribution in [2.45, 2.75) is 39.2 Å². The number of fused-ring (bicyclic) bond motifs is 3. The fourth-order valence-electron chi connectivity index (χ4n) is 9.27. The van der Waals surface area contributed by atoms with Gasteiger partial charge in [0, 0.05) is 83.5 Å². The second kappa shape index (κ2) is 21.0. The lowest BCUT2D eigenvalue weighted by atomic mass is 9.93. The largest absolute Gasteiger partial charge is 0.309 e. The third kappa shape index (κ3) is 9.87. The molecular weight excluding hydrogens is 949 g/mol. The van der Waals surface area contributed by atoms with E-state index in [9.17, 15) is 0 Å². The first kappa shape index (κ1) is 45.6. The predicted octanol–water partition coefficient (Wildman–Crippen LogP) is 20.7. The maximum Gasteiger partial charge on any atom is 0.0619 e. The molecule has 12 aromatic carbocycles. The maximum absolute atomic E-state index is 2.48. The molecule has 0 N–H and O–H groups in total. The Morgan fingerprint density at radius 3 is 0.681 bits per heavy atom. The van der Waals surface area contributed by atoms with Gasteiger partial charge in [-0.1, -0.05) is 168 Å². The average Bonchev–Trinajstić information content (AvgIpc) is 3.44. The fraction of sp³-hybridized carbons (Fsp3) is 0. The molecule has 0 fully saturated rings. The second-order valence-electron chi connectivity index (χ2n) is 17.3. The van der Waals surface area contributed by atoms with Crippen LogP contribution in [0, 0.1) is 0 Å². The molecule has 2 nitrogen and oxygen atoms in total. The van der Waals surface area contributed by atoms with Crippen LogP contribution in [0.25, 0.3) is 32.3 Å². The minimum Gasteiger partial charge on any atom is -0.309 e. The molecule has 0 heterocycles. The number of benzene rings is 12. The molecule has 344 valence electrons. The topological polar surface area (TPSA) is 6.48 Å². The molecule has 0 amide bonds. The Kier molecular flexibility index (Phi) is 13.3. The standard InChI is InChI=1S/C66H46N2S4/c1-5-19-53(20-6-1)69-57-37-29-49(30-38-57)67(50-31-39-58(40-32-50)70-54-21-7-2-8-22-54)65-61-27-15-13-17-47(61)46-64-63(65)45-48-18-14-16-28-62(48)66(64)68(51-33-41-59(42-34-51)71-55-23-9-3-10-24-55)52-35-43-60(44-36-52)72-56-25-11-4-12-26-56/h1-46H. The van der Waals surface area contributed by atoms with Crippen LogP contribution in [0.2, 0.25) is 0 Å². The van der Waals surface area contributed by atoms with Crippen LogP contribution >= 0.6 is 47.0 Å². The van der Waals surface area contributed by atoms with E-state index in [1.807, 2.05) is 0 Å². The highest BCUT2D eigenvalue weighted by atomic mass is 32.2. The molecule has 12 rings (SSSR count). The van der Waals surface area contributed by atoms with Crippen LogP contribution in [-0.4, -0.2) is 0 Å². The van der Waals surface area contributed by atoms with Crippen LogP contribution in [-0.2, 0) is 0 Å². The minimum absolute atomic E-state index is 1.08. The number of hydrogen-bond acceptors (Lipinski definition) is 6.